The Kier molecular flexibility index (Phi) is 5.66. The lowest BCUT2D eigenvalue weighted by Gasteiger charge is -2.30. The van der Waals surface area contributed by atoms with Crippen LogP contribution in [-0.2, 0) is 16.1 Å². The van der Waals surface area contributed by atoms with Gasteiger partial charge in [-0.15, -0.1) is 0 Å². The fraction of sp³-hybridized carbons (Fsp3) is 0.435. The highest BCUT2D eigenvalue weighted by molar-refractivity contribution is 5.89. The number of amides is 2. The molecule has 7 nitrogen and oxygen atoms in total. The van der Waals surface area contributed by atoms with E-state index in [9.17, 15) is 23.9 Å². The first-order valence-corrected chi connectivity index (χ1v) is 10.6. The van der Waals surface area contributed by atoms with Gasteiger partial charge in [-0.05, 0) is 25.1 Å². The average molecular weight is 427 g/mol. The van der Waals surface area contributed by atoms with Gasteiger partial charge in [0, 0.05) is 49.2 Å². The first-order valence-electron chi connectivity index (χ1n) is 10.6. The molecule has 0 saturated carbocycles. The highest BCUT2D eigenvalue weighted by Gasteiger charge is 2.56. The summed E-state index contributed by atoms with van der Waals surface area (Å²) >= 11 is 0. The number of aromatic nitrogens is 1. The fourth-order valence-electron chi connectivity index (χ4n) is 5.11. The van der Waals surface area contributed by atoms with Gasteiger partial charge in [0.15, 0.2) is 0 Å². The molecule has 164 valence electrons. The van der Waals surface area contributed by atoms with Crippen LogP contribution < -0.4 is 10.9 Å². The summed E-state index contributed by atoms with van der Waals surface area (Å²) in [5.74, 6) is -1.76. The molecule has 4 rings (SSSR count). The van der Waals surface area contributed by atoms with Crippen LogP contribution in [0.15, 0.2) is 41.2 Å². The van der Waals surface area contributed by atoms with Crippen LogP contribution in [0.5, 0.6) is 0 Å². The minimum absolute atomic E-state index is 0.203. The van der Waals surface area contributed by atoms with E-state index in [0.717, 1.165) is 0 Å². The number of fused-ring (bicyclic) bond motifs is 3. The van der Waals surface area contributed by atoms with Gasteiger partial charge in [-0.3, -0.25) is 14.4 Å². The number of pyridine rings is 1. The SMILES string of the molecule is CCNC(=O)[C@H]1[C@H](CO)[C@H]2Cn3c(ccc(-c4ccccc4F)c3=O)[C@H]2N1C(=O)CC. The van der Waals surface area contributed by atoms with Crippen LogP contribution in [0.4, 0.5) is 4.39 Å². The summed E-state index contributed by atoms with van der Waals surface area (Å²) in [5.41, 5.74) is 0.741. The summed E-state index contributed by atoms with van der Waals surface area (Å²) in [6.45, 7) is 3.92. The van der Waals surface area contributed by atoms with Gasteiger partial charge in [0.05, 0.1) is 11.6 Å². The molecule has 3 heterocycles. The maximum absolute atomic E-state index is 14.3. The Labute approximate surface area is 179 Å². The standard InChI is InChI=1S/C23H26FN3O4/c1-3-19(29)27-20-15(16(12-28)21(27)22(30)25-4-2)11-26-18(20)10-9-14(23(26)31)13-7-5-6-8-17(13)24/h5-10,15-16,20-21,28H,3-4,11-12H2,1-2H3,(H,25,30)/t15-,16-,20+,21-/m1/s1. The largest absolute Gasteiger partial charge is 0.396 e. The van der Waals surface area contributed by atoms with Crippen LogP contribution in [0.3, 0.4) is 0 Å². The van der Waals surface area contributed by atoms with E-state index in [1.54, 1.807) is 48.7 Å². The van der Waals surface area contributed by atoms with Crippen molar-refractivity contribution >= 4 is 11.8 Å². The predicted molar refractivity (Wildman–Crippen MR) is 113 cm³/mol. The molecule has 1 aromatic carbocycles. The molecule has 2 aliphatic rings. The number of carbonyl (C=O) groups excluding carboxylic acids is 2. The number of carbonyl (C=O) groups is 2. The van der Waals surface area contributed by atoms with Crippen LogP contribution in [0.25, 0.3) is 11.1 Å². The number of rotatable bonds is 5. The van der Waals surface area contributed by atoms with Crippen molar-refractivity contribution in [1.82, 2.24) is 14.8 Å². The Balaban J connectivity index is 1.83. The van der Waals surface area contributed by atoms with E-state index in [1.165, 1.54) is 11.0 Å². The van der Waals surface area contributed by atoms with Gasteiger partial charge in [-0.25, -0.2) is 4.39 Å². The lowest BCUT2D eigenvalue weighted by Crippen LogP contribution is -2.50. The molecule has 1 saturated heterocycles. The Hall–Kier alpha value is -3.00. The van der Waals surface area contributed by atoms with Crippen molar-refractivity contribution in [2.75, 3.05) is 13.2 Å². The quantitative estimate of drug-likeness (QED) is 0.760. The molecule has 0 unspecified atom stereocenters. The van der Waals surface area contributed by atoms with Gasteiger partial charge in [0.25, 0.3) is 5.56 Å². The fourth-order valence-corrected chi connectivity index (χ4v) is 5.11. The van der Waals surface area contributed by atoms with Crippen LogP contribution in [0.1, 0.15) is 32.0 Å². The van der Waals surface area contributed by atoms with Crippen molar-refractivity contribution in [3.63, 3.8) is 0 Å². The molecule has 4 atom stereocenters. The topological polar surface area (TPSA) is 91.6 Å². The minimum Gasteiger partial charge on any atom is -0.396 e. The Morgan fingerprint density at radius 3 is 2.55 bits per heavy atom. The number of likely N-dealkylation sites (N-methyl/N-ethyl adjacent to an activating group) is 1. The maximum Gasteiger partial charge on any atom is 0.258 e. The Bertz CT molecular complexity index is 1080. The second-order valence-corrected chi connectivity index (χ2v) is 8.02. The van der Waals surface area contributed by atoms with Crippen molar-refractivity contribution in [3.8, 4) is 11.1 Å². The summed E-state index contributed by atoms with van der Waals surface area (Å²) in [4.78, 5) is 40.5. The molecule has 0 aliphatic carbocycles. The second kappa shape index (κ2) is 8.26. The van der Waals surface area contributed by atoms with E-state index < -0.39 is 23.8 Å². The number of halogens is 1. The zero-order valence-corrected chi connectivity index (χ0v) is 17.5. The Morgan fingerprint density at radius 1 is 1.16 bits per heavy atom. The molecule has 2 aromatic rings. The first-order chi connectivity index (χ1) is 14.9. The number of nitrogens with zero attached hydrogens (tertiary/aromatic N) is 2. The molecule has 0 bridgehead atoms. The lowest BCUT2D eigenvalue weighted by atomic mass is 9.88. The summed E-state index contributed by atoms with van der Waals surface area (Å²) in [6.07, 6.45) is 0.203. The van der Waals surface area contributed by atoms with Crippen LogP contribution >= 0.6 is 0 Å². The van der Waals surface area contributed by atoms with Crippen molar-refractivity contribution in [2.24, 2.45) is 11.8 Å². The normalized spacial score (nSPS) is 24.1. The third kappa shape index (κ3) is 3.26. The zero-order valence-electron chi connectivity index (χ0n) is 17.5. The van der Waals surface area contributed by atoms with Crippen LogP contribution in [0.2, 0.25) is 0 Å². The minimum atomic E-state index is -0.789. The van der Waals surface area contributed by atoms with Gasteiger partial charge < -0.3 is 19.9 Å². The first kappa shape index (κ1) is 21.2. The van der Waals surface area contributed by atoms with Gasteiger partial charge in [-0.1, -0.05) is 25.1 Å². The summed E-state index contributed by atoms with van der Waals surface area (Å²) in [7, 11) is 0. The third-order valence-corrected chi connectivity index (χ3v) is 6.45. The van der Waals surface area contributed by atoms with E-state index in [-0.39, 0.29) is 54.0 Å². The highest BCUT2D eigenvalue weighted by atomic mass is 19.1. The average Bonchev–Trinajstić information content (AvgIpc) is 3.29. The molecule has 2 N–H and O–H groups in total. The van der Waals surface area contributed by atoms with Gasteiger partial charge in [0.1, 0.15) is 11.9 Å². The predicted octanol–water partition coefficient (Wildman–Crippen LogP) is 1.69. The van der Waals surface area contributed by atoms with E-state index in [0.29, 0.717) is 12.2 Å². The van der Waals surface area contributed by atoms with E-state index in [4.69, 9.17) is 0 Å². The smallest absolute Gasteiger partial charge is 0.258 e. The molecule has 0 spiro atoms. The third-order valence-electron chi connectivity index (χ3n) is 6.45. The van der Waals surface area contributed by atoms with Crippen molar-refractivity contribution < 1.29 is 19.1 Å². The summed E-state index contributed by atoms with van der Waals surface area (Å²) in [6, 6.07) is 8.14. The number of hydrogen-bond donors (Lipinski definition) is 2. The summed E-state index contributed by atoms with van der Waals surface area (Å²) < 4.78 is 15.9. The second-order valence-electron chi connectivity index (χ2n) is 8.02. The lowest BCUT2D eigenvalue weighted by molar-refractivity contribution is -0.141. The van der Waals surface area contributed by atoms with E-state index >= 15 is 0 Å². The maximum atomic E-state index is 14.3. The van der Waals surface area contributed by atoms with Crippen LogP contribution in [0, 0.1) is 17.7 Å². The number of nitrogens with one attached hydrogen (secondary N) is 1. The summed E-state index contributed by atoms with van der Waals surface area (Å²) in [5, 5.41) is 12.9. The zero-order chi connectivity index (χ0) is 22.3. The number of hydrogen-bond acceptors (Lipinski definition) is 4. The molecule has 1 aromatic heterocycles. The molecular weight excluding hydrogens is 401 g/mol. The number of aliphatic hydroxyl groups excluding tert-OH is 1. The van der Waals surface area contributed by atoms with E-state index in [2.05, 4.69) is 5.32 Å². The van der Waals surface area contributed by atoms with Gasteiger partial charge in [-0.2, -0.15) is 0 Å². The monoisotopic (exact) mass is 427 g/mol. The number of aliphatic hydroxyl groups is 1. The van der Waals surface area contributed by atoms with Crippen molar-refractivity contribution in [3.05, 3.63) is 58.3 Å². The number of benzene rings is 1. The molecule has 2 aliphatic heterocycles. The molecule has 8 heteroatoms. The molecular formula is C23H26FN3O4. The molecule has 0 radical (unpaired) electrons. The van der Waals surface area contributed by atoms with Crippen molar-refractivity contribution in [1.29, 1.82) is 0 Å². The molecule has 2 amide bonds. The highest BCUT2D eigenvalue weighted by Crippen LogP contribution is 2.49. The van der Waals surface area contributed by atoms with Gasteiger partial charge >= 0.3 is 0 Å². The molecule has 31 heavy (non-hydrogen) atoms. The van der Waals surface area contributed by atoms with E-state index in [1.807, 2.05) is 0 Å². The van der Waals surface area contributed by atoms with Crippen LogP contribution in [-0.4, -0.2) is 45.6 Å². The number of likely N-dealkylation sites (tertiary alicyclic amines) is 1. The molecule has 1 fully saturated rings. The van der Waals surface area contributed by atoms with Gasteiger partial charge in [0.2, 0.25) is 11.8 Å². The Morgan fingerprint density at radius 2 is 1.90 bits per heavy atom. The van der Waals surface area contributed by atoms with Crippen molar-refractivity contribution in [2.45, 2.75) is 38.9 Å².